The number of fused-ring (bicyclic) bond motifs is 1. The fourth-order valence-electron chi connectivity index (χ4n) is 3.85. The van der Waals surface area contributed by atoms with Crippen LogP contribution in [-0.4, -0.2) is 18.0 Å². The Bertz CT molecular complexity index is 698. The highest BCUT2D eigenvalue weighted by molar-refractivity contribution is 5.93. The monoisotopic (exact) mass is 414 g/mol. The van der Waals surface area contributed by atoms with Crippen molar-refractivity contribution in [3.63, 3.8) is 0 Å². The van der Waals surface area contributed by atoms with Gasteiger partial charge in [-0.2, -0.15) is 0 Å². The second-order valence-corrected chi connectivity index (χ2v) is 8.35. The first-order valence-electron chi connectivity index (χ1n) is 12.3. The van der Waals surface area contributed by atoms with E-state index in [-0.39, 0.29) is 0 Å². The Balaban J connectivity index is 1.80. The van der Waals surface area contributed by atoms with Crippen molar-refractivity contribution < 1.29 is 14.6 Å². The van der Waals surface area contributed by atoms with Gasteiger partial charge in [0, 0.05) is 17.2 Å². The van der Waals surface area contributed by atoms with Gasteiger partial charge in [0.05, 0.1) is 6.61 Å². The number of ether oxygens (including phenoxy) is 2. The minimum absolute atomic E-state index is 0.680. The molecule has 2 aromatic carbocycles. The van der Waals surface area contributed by atoms with E-state index in [2.05, 4.69) is 19.9 Å². The van der Waals surface area contributed by atoms with E-state index in [1.807, 2.05) is 30.3 Å². The fourth-order valence-corrected chi connectivity index (χ4v) is 3.85. The zero-order valence-corrected chi connectivity index (χ0v) is 19.2. The summed E-state index contributed by atoms with van der Waals surface area (Å²) in [6.07, 6.45) is 14.8. The van der Waals surface area contributed by atoms with Gasteiger partial charge < -0.3 is 14.6 Å². The summed E-state index contributed by atoms with van der Waals surface area (Å²) in [5.74, 6) is 1.63. The average molecular weight is 415 g/mol. The summed E-state index contributed by atoms with van der Waals surface area (Å²) < 4.78 is 11.9. The molecule has 2 aromatic rings. The lowest BCUT2D eigenvalue weighted by atomic mass is 10.1. The van der Waals surface area contributed by atoms with E-state index in [9.17, 15) is 5.11 Å². The smallest absolute Gasteiger partial charge is 0.197 e. The van der Waals surface area contributed by atoms with E-state index in [0.29, 0.717) is 6.42 Å². The Hall–Kier alpha value is -1.74. The molecule has 0 radical (unpaired) electrons. The summed E-state index contributed by atoms with van der Waals surface area (Å²) in [6, 6.07) is 12.0. The lowest BCUT2D eigenvalue weighted by Gasteiger charge is -2.16. The summed E-state index contributed by atoms with van der Waals surface area (Å²) in [7, 11) is 0. The molecular weight excluding hydrogens is 372 g/mol. The van der Waals surface area contributed by atoms with Gasteiger partial charge in [-0.05, 0) is 25.0 Å². The molecule has 0 spiro atoms. The first kappa shape index (κ1) is 24.5. The quantitative estimate of drug-likeness (QED) is 0.210. The largest absolute Gasteiger partial charge is 0.493 e. The van der Waals surface area contributed by atoms with Crippen LogP contribution in [0.3, 0.4) is 0 Å². The highest BCUT2D eigenvalue weighted by atomic mass is 16.6. The van der Waals surface area contributed by atoms with Crippen molar-refractivity contribution in [3.05, 3.63) is 36.4 Å². The van der Waals surface area contributed by atoms with E-state index >= 15 is 0 Å². The van der Waals surface area contributed by atoms with Crippen molar-refractivity contribution in [3.8, 4) is 11.5 Å². The first-order chi connectivity index (χ1) is 14.8. The van der Waals surface area contributed by atoms with Crippen molar-refractivity contribution in [1.29, 1.82) is 0 Å². The number of aliphatic hydroxyl groups excluding tert-OH is 1. The zero-order valence-electron chi connectivity index (χ0n) is 19.2. The number of benzene rings is 2. The third kappa shape index (κ3) is 8.95. The van der Waals surface area contributed by atoms with Crippen LogP contribution in [0.25, 0.3) is 10.8 Å². The molecule has 30 heavy (non-hydrogen) atoms. The van der Waals surface area contributed by atoms with E-state index in [0.717, 1.165) is 48.1 Å². The second-order valence-electron chi connectivity index (χ2n) is 8.35. The Labute approximate surface area is 183 Å². The van der Waals surface area contributed by atoms with E-state index in [1.165, 1.54) is 57.8 Å². The second kappa shape index (κ2) is 15.1. The van der Waals surface area contributed by atoms with Gasteiger partial charge in [-0.1, -0.05) is 102 Å². The van der Waals surface area contributed by atoms with Crippen molar-refractivity contribution in [2.24, 2.45) is 0 Å². The normalized spacial score (nSPS) is 12.2. The predicted octanol–water partition coefficient (Wildman–Crippen LogP) is 8.03. The average Bonchev–Trinajstić information content (AvgIpc) is 2.76. The third-order valence-corrected chi connectivity index (χ3v) is 5.67. The molecule has 0 aliphatic heterocycles. The maximum Gasteiger partial charge on any atom is 0.197 e. The zero-order chi connectivity index (χ0) is 21.4. The van der Waals surface area contributed by atoms with Crippen LogP contribution in [0.4, 0.5) is 0 Å². The van der Waals surface area contributed by atoms with Gasteiger partial charge in [-0.3, -0.25) is 0 Å². The lowest BCUT2D eigenvalue weighted by molar-refractivity contribution is -0.0235. The summed E-state index contributed by atoms with van der Waals surface area (Å²) in [5.41, 5.74) is 0. The van der Waals surface area contributed by atoms with Crippen molar-refractivity contribution >= 4 is 10.8 Å². The highest BCUT2D eigenvalue weighted by Crippen LogP contribution is 2.33. The molecule has 3 nitrogen and oxygen atoms in total. The third-order valence-electron chi connectivity index (χ3n) is 5.67. The standard InChI is InChI=1S/C27H42O3/c1-3-5-7-9-10-11-12-13-21-27(28)30-26-20-16-17-23-24(26)18-15-19-25(23)29-22-14-8-6-4-2/h15-20,27-28H,3-14,21-22H2,1-2H3. The molecule has 2 rings (SSSR count). The molecule has 0 saturated carbocycles. The van der Waals surface area contributed by atoms with Gasteiger partial charge in [0.1, 0.15) is 11.5 Å². The van der Waals surface area contributed by atoms with Crippen LogP contribution >= 0.6 is 0 Å². The van der Waals surface area contributed by atoms with Crippen LogP contribution in [0, 0.1) is 0 Å². The van der Waals surface area contributed by atoms with Crippen molar-refractivity contribution in [1.82, 2.24) is 0 Å². The van der Waals surface area contributed by atoms with Crippen LogP contribution in [-0.2, 0) is 0 Å². The number of hydrogen-bond donors (Lipinski definition) is 1. The Morgan fingerprint density at radius 1 is 0.667 bits per heavy atom. The van der Waals surface area contributed by atoms with Gasteiger partial charge in [0.2, 0.25) is 0 Å². The Kier molecular flexibility index (Phi) is 12.4. The van der Waals surface area contributed by atoms with Gasteiger partial charge >= 0.3 is 0 Å². The molecular formula is C27H42O3. The number of unbranched alkanes of at least 4 members (excludes halogenated alkanes) is 10. The van der Waals surface area contributed by atoms with Crippen LogP contribution in [0.15, 0.2) is 36.4 Å². The topological polar surface area (TPSA) is 38.7 Å². The van der Waals surface area contributed by atoms with E-state index < -0.39 is 6.29 Å². The van der Waals surface area contributed by atoms with Crippen LogP contribution < -0.4 is 9.47 Å². The van der Waals surface area contributed by atoms with Gasteiger partial charge in [-0.25, -0.2) is 0 Å². The molecule has 1 unspecified atom stereocenters. The molecule has 0 saturated heterocycles. The summed E-state index contributed by atoms with van der Waals surface area (Å²) in [5, 5.41) is 12.4. The molecule has 1 atom stereocenters. The van der Waals surface area contributed by atoms with Crippen LogP contribution in [0.2, 0.25) is 0 Å². The molecule has 3 heteroatoms. The van der Waals surface area contributed by atoms with Gasteiger partial charge in [-0.15, -0.1) is 0 Å². The lowest BCUT2D eigenvalue weighted by Crippen LogP contribution is -2.15. The fraction of sp³-hybridized carbons (Fsp3) is 0.630. The van der Waals surface area contributed by atoms with E-state index in [1.54, 1.807) is 0 Å². The summed E-state index contributed by atoms with van der Waals surface area (Å²) in [6.45, 7) is 5.21. The Morgan fingerprint density at radius 3 is 1.87 bits per heavy atom. The molecule has 0 aliphatic carbocycles. The van der Waals surface area contributed by atoms with Crippen molar-refractivity contribution in [2.45, 2.75) is 104 Å². The van der Waals surface area contributed by atoms with Crippen LogP contribution in [0.5, 0.6) is 11.5 Å². The number of rotatable bonds is 17. The van der Waals surface area contributed by atoms with E-state index in [4.69, 9.17) is 9.47 Å². The maximum atomic E-state index is 10.4. The van der Waals surface area contributed by atoms with Gasteiger partial charge in [0.15, 0.2) is 6.29 Å². The molecule has 0 bridgehead atoms. The molecule has 0 heterocycles. The first-order valence-corrected chi connectivity index (χ1v) is 12.3. The molecule has 168 valence electrons. The number of hydrogen-bond acceptors (Lipinski definition) is 3. The van der Waals surface area contributed by atoms with Crippen molar-refractivity contribution in [2.75, 3.05) is 6.61 Å². The van der Waals surface area contributed by atoms with Crippen LogP contribution in [0.1, 0.15) is 97.3 Å². The molecule has 0 fully saturated rings. The van der Waals surface area contributed by atoms with Gasteiger partial charge in [0.25, 0.3) is 0 Å². The molecule has 0 aromatic heterocycles. The SMILES string of the molecule is CCCCCCCCCCC(O)Oc1cccc2c(OCCCCCC)cccc12. The highest BCUT2D eigenvalue weighted by Gasteiger charge is 2.11. The molecule has 0 amide bonds. The minimum Gasteiger partial charge on any atom is -0.493 e. The Morgan fingerprint density at radius 2 is 1.20 bits per heavy atom. The summed E-state index contributed by atoms with van der Waals surface area (Å²) in [4.78, 5) is 0. The molecule has 1 N–H and O–H groups in total. The maximum absolute atomic E-state index is 10.4. The predicted molar refractivity (Wildman–Crippen MR) is 127 cm³/mol. The minimum atomic E-state index is -0.755. The molecule has 0 aliphatic rings. The summed E-state index contributed by atoms with van der Waals surface area (Å²) >= 11 is 0. The number of aliphatic hydroxyl groups is 1.